The van der Waals surface area contributed by atoms with E-state index in [2.05, 4.69) is 4.98 Å². The molecule has 1 heterocycles. The summed E-state index contributed by atoms with van der Waals surface area (Å²) in [5, 5.41) is 9.30. The number of imidazole rings is 1. The second-order valence-corrected chi connectivity index (χ2v) is 6.26. The number of carboxylic acid groups (broad SMARTS) is 1. The summed E-state index contributed by atoms with van der Waals surface area (Å²) in [6.07, 6.45) is 1.71. The summed E-state index contributed by atoms with van der Waals surface area (Å²) in [5.74, 6) is 0.354. The van der Waals surface area contributed by atoms with Crippen molar-refractivity contribution in [2.75, 3.05) is 17.3 Å². The fourth-order valence-corrected chi connectivity index (χ4v) is 2.74. The molecular weight excluding hydrogens is 260 g/mol. The highest BCUT2D eigenvalue weighted by Crippen LogP contribution is 2.18. The number of rotatable bonds is 7. The number of thioether (sulfide) groups is 1. The van der Waals surface area contributed by atoms with Crippen molar-refractivity contribution in [1.82, 2.24) is 9.55 Å². The zero-order chi connectivity index (χ0) is 12.8. The van der Waals surface area contributed by atoms with E-state index in [1.807, 2.05) is 18.4 Å². The number of hydrogen-bond acceptors (Lipinski definition) is 4. The van der Waals surface area contributed by atoms with Gasteiger partial charge in [0.25, 0.3) is 0 Å². The third-order valence-corrected chi connectivity index (χ3v) is 4.46. The smallest absolute Gasteiger partial charge is 0.313 e. The fourth-order valence-electron chi connectivity index (χ4n) is 1.29. The first-order valence-corrected chi connectivity index (χ1v) is 7.73. The van der Waals surface area contributed by atoms with E-state index >= 15 is 0 Å². The average molecular weight is 276 g/mol. The zero-order valence-corrected chi connectivity index (χ0v) is 11.5. The predicted octanol–water partition coefficient (Wildman–Crippen LogP) is 1.14. The molecule has 0 saturated carbocycles. The molecule has 1 atom stereocenters. The Hall–Kier alpha value is -0.820. The molecule has 0 fully saturated rings. The van der Waals surface area contributed by atoms with Gasteiger partial charge in [0.05, 0.1) is 5.75 Å². The van der Waals surface area contributed by atoms with Gasteiger partial charge in [-0.2, -0.15) is 0 Å². The fraction of sp³-hybridized carbons (Fsp3) is 0.600. The normalized spacial score (nSPS) is 12.6. The lowest BCUT2D eigenvalue weighted by Crippen LogP contribution is -2.11. The number of hydrogen-bond donors (Lipinski definition) is 1. The topological polar surface area (TPSA) is 72.2 Å². The van der Waals surface area contributed by atoms with Gasteiger partial charge in [0.15, 0.2) is 5.16 Å². The molecule has 0 radical (unpaired) electrons. The Kier molecular flexibility index (Phi) is 5.70. The van der Waals surface area contributed by atoms with Crippen LogP contribution in [0.4, 0.5) is 0 Å². The third-order valence-electron chi connectivity index (χ3n) is 2.21. The molecule has 5 nitrogen and oxygen atoms in total. The number of nitrogens with zero attached hydrogens (tertiary/aromatic N) is 2. The molecule has 96 valence electrons. The molecule has 0 saturated heterocycles. The van der Waals surface area contributed by atoms with Gasteiger partial charge in [-0.1, -0.05) is 18.7 Å². The summed E-state index contributed by atoms with van der Waals surface area (Å²) < 4.78 is 13.3. The molecule has 1 rings (SSSR count). The first-order valence-electron chi connectivity index (χ1n) is 5.26. The van der Waals surface area contributed by atoms with Gasteiger partial charge in [0.1, 0.15) is 0 Å². The van der Waals surface area contributed by atoms with Gasteiger partial charge in [-0.05, 0) is 6.92 Å². The molecule has 0 aliphatic rings. The molecule has 1 N–H and O–H groups in total. The Labute approximate surface area is 107 Å². The van der Waals surface area contributed by atoms with Crippen LogP contribution in [0.5, 0.6) is 0 Å². The number of aryl methyl sites for hydroxylation is 1. The van der Waals surface area contributed by atoms with E-state index in [4.69, 9.17) is 5.11 Å². The largest absolute Gasteiger partial charge is 0.481 e. The summed E-state index contributed by atoms with van der Waals surface area (Å²) in [5.41, 5.74) is 0.964. The molecule has 0 bridgehead atoms. The number of aliphatic carboxylic acids is 1. The van der Waals surface area contributed by atoms with E-state index in [9.17, 15) is 9.00 Å². The minimum absolute atomic E-state index is 0.00663. The summed E-state index contributed by atoms with van der Waals surface area (Å²) in [6.45, 7) is 4.41. The Morgan fingerprint density at radius 1 is 1.65 bits per heavy atom. The molecule has 0 aliphatic carbocycles. The molecule has 17 heavy (non-hydrogen) atoms. The Morgan fingerprint density at radius 2 is 2.35 bits per heavy atom. The third kappa shape index (κ3) is 4.51. The summed E-state index contributed by atoms with van der Waals surface area (Å²) in [7, 11) is -0.815. The highest BCUT2D eigenvalue weighted by Gasteiger charge is 2.10. The van der Waals surface area contributed by atoms with E-state index in [0.29, 0.717) is 23.2 Å². The van der Waals surface area contributed by atoms with Crippen LogP contribution in [0.3, 0.4) is 0 Å². The van der Waals surface area contributed by atoms with Gasteiger partial charge >= 0.3 is 5.97 Å². The van der Waals surface area contributed by atoms with Gasteiger partial charge in [-0.25, -0.2) is 4.98 Å². The Morgan fingerprint density at radius 3 is 2.94 bits per heavy atom. The van der Waals surface area contributed by atoms with Crippen molar-refractivity contribution in [3.05, 3.63) is 11.9 Å². The predicted molar refractivity (Wildman–Crippen MR) is 68.9 cm³/mol. The molecule has 1 unspecified atom stereocenters. The molecule has 0 aliphatic heterocycles. The van der Waals surface area contributed by atoms with Gasteiger partial charge < -0.3 is 9.67 Å². The van der Waals surface area contributed by atoms with Crippen LogP contribution in [-0.4, -0.2) is 42.1 Å². The van der Waals surface area contributed by atoms with E-state index < -0.39 is 16.8 Å². The van der Waals surface area contributed by atoms with Crippen LogP contribution in [0.2, 0.25) is 0 Å². The minimum atomic E-state index is -0.862. The highest BCUT2D eigenvalue weighted by atomic mass is 32.2. The molecule has 1 aromatic rings. The van der Waals surface area contributed by atoms with Crippen molar-refractivity contribution < 1.29 is 14.1 Å². The van der Waals surface area contributed by atoms with Crippen LogP contribution in [0, 0.1) is 6.92 Å². The maximum absolute atomic E-state index is 11.4. The number of aromatic nitrogens is 2. The maximum atomic E-state index is 11.4. The van der Waals surface area contributed by atoms with Crippen LogP contribution >= 0.6 is 11.8 Å². The van der Waals surface area contributed by atoms with E-state index in [1.54, 1.807) is 6.20 Å². The van der Waals surface area contributed by atoms with Crippen LogP contribution in [0.1, 0.15) is 12.6 Å². The molecular formula is C10H16N2O3S2. The number of carboxylic acids is 1. The summed E-state index contributed by atoms with van der Waals surface area (Å²) >= 11 is 1.19. The van der Waals surface area contributed by atoms with E-state index in [0.717, 1.165) is 5.69 Å². The lowest BCUT2D eigenvalue weighted by atomic mass is 10.5. The molecule has 1 aromatic heterocycles. The maximum Gasteiger partial charge on any atom is 0.313 e. The quantitative estimate of drug-likeness (QED) is 0.756. The molecule has 0 amide bonds. The SMILES string of the molecule is CCS(=O)CCn1c(C)cnc1SCC(=O)O. The molecule has 0 aromatic carbocycles. The van der Waals surface area contributed by atoms with Crippen LogP contribution in [-0.2, 0) is 22.1 Å². The van der Waals surface area contributed by atoms with Crippen molar-refractivity contribution in [2.24, 2.45) is 0 Å². The van der Waals surface area contributed by atoms with Crippen molar-refractivity contribution in [1.29, 1.82) is 0 Å². The van der Waals surface area contributed by atoms with Crippen molar-refractivity contribution >= 4 is 28.5 Å². The van der Waals surface area contributed by atoms with Crippen molar-refractivity contribution in [2.45, 2.75) is 25.5 Å². The monoisotopic (exact) mass is 276 g/mol. The summed E-state index contributed by atoms with van der Waals surface area (Å²) in [4.78, 5) is 14.7. The van der Waals surface area contributed by atoms with Crippen molar-refractivity contribution in [3.63, 3.8) is 0 Å². The lowest BCUT2D eigenvalue weighted by molar-refractivity contribution is -0.133. The second kappa shape index (κ2) is 6.80. The number of carbonyl (C=O) groups is 1. The highest BCUT2D eigenvalue weighted by molar-refractivity contribution is 7.99. The second-order valence-electron chi connectivity index (χ2n) is 3.45. The van der Waals surface area contributed by atoms with Crippen LogP contribution in [0.15, 0.2) is 11.4 Å². The molecule has 0 spiro atoms. The van der Waals surface area contributed by atoms with Gasteiger partial charge in [0.2, 0.25) is 0 Å². The lowest BCUT2D eigenvalue weighted by Gasteiger charge is -2.08. The van der Waals surface area contributed by atoms with Crippen LogP contribution < -0.4 is 0 Å². The Balaban J connectivity index is 2.65. The average Bonchev–Trinajstić information content (AvgIpc) is 2.64. The first-order chi connectivity index (χ1) is 8.04. The van der Waals surface area contributed by atoms with E-state index in [-0.39, 0.29) is 5.75 Å². The van der Waals surface area contributed by atoms with Crippen molar-refractivity contribution in [3.8, 4) is 0 Å². The van der Waals surface area contributed by atoms with Gasteiger partial charge in [-0.15, -0.1) is 0 Å². The Bertz CT molecular complexity index is 418. The molecule has 7 heteroatoms. The summed E-state index contributed by atoms with van der Waals surface area (Å²) in [6, 6.07) is 0. The standard InChI is InChI=1S/C10H16N2O3S2/c1-3-17(15)5-4-12-8(2)6-11-10(12)16-7-9(13)14/h6H,3-5,7H2,1-2H3,(H,13,14). The van der Waals surface area contributed by atoms with Crippen LogP contribution in [0.25, 0.3) is 0 Å². The first kappa shape index (κ1) is 14.2. The van der Waals surface area contributed by atoms with Gasteiger partial charge in [-0.3, -0.25) is 9.00 Å². The van der Waals surface area contributed by atoms with Gasteiger partial charge in [0, 0.05) is 40.7 Å². The van der Waals surface area contributed by atoms with E-state index in [1.165, 1.54) is 11.8 Å². The minimum Gasteiger partial charge on any atom is -0.481 e. The zero-order valence-electron chi connectivity index (χ0n) is 9.88.